The predicted molar refractivity (Wildman–Crippen MR) is 126 cm³/mol. The molecule has 0 saturated carbocycles. The first kappa shape index (κ1) is 23.5. The molecule has 0 atom stereocenters. The van der Waals surface area contributed by atoms with E-state index in [-0.39, 0.29) is 12.2 Å². The van der Waals surface area contributed by atoms with Gasteiger partial charge in [-0.2, -0.15) is 22.8 Å². The minimum absolute atomic E-state index is 0.0933. The van der Waals surface area contributed by atoms with Crippen molar-refractivity contribution < 1.29 is 17.9 Å². The molecule has 0 N–H and O–H groups in total. The van der Waals surface area contributed by atoms with Crippen molar-refractivity contribution >= 4 is 17.2 Å². The molecule has 8 nitrogen and oxygen atoms in total. The molecule has 182 valence electrons. The van der Waals surface area contributed by atoms with Crippen molar-refractivity contribution in [1.29, 1.82) is 0 Å². The number of rotatable bonds is 5. The summed E-state index contributed by atoms with van der Waals surface area (Å²) in [6.07, 6.45) is -0.346. The number of hydrogen-bond donors (Lipinski definition) is 0. The molecule has 0 aliphatic heterocycles. The van der Waals surface area contributed by atoms with Crippen LogP contribution in [0.2, 0.25) is 5.02 Å². The van der Waals surface area contributed by atoms with Crippen LogP contribution in [0.5, 0.6) is 5.88 Å². The van der Waals surface area contributed by atoms with Crippen molar-refractivity contribution in [3.63, 3.8) is 0 Å². The van der Waals surface area contributed by atoms with E-state index in [1.165, 1.54) is 13.2 Å². The summed E-state index contributed by atoms with van der Waals surface area (Å²) in [7, 11) is 1.50. The van der Waals surface area contributed by atoms with Gasteiger partial charge in [-0.15, -0.1) is 5.10 Å². The summed E-state index contributed by atoms with van der Waals surface area (Å²) in [6, 6.07) is 12.7. The molecule has 4 aromatic heterocycles. The molecular formula is C24H16ClF3N6O2. The number of ether oxygens (including phenoxy) is 1. The second-order valence-corrected chi connectivity index (χ2v) is 8.19. The molecule has 12 heteroatoms. The minimum atomic E-state index is -4.55. The number of nitrogens with zero attached hydrogens (tertiary/aromatic N) is 6. The normalized spacial score (nSPS) is 11.7. The Morgan fingerprint density at radius 2 is 1.69 bits per heavy atom. The van der Waals surface area contributed by atoms with Gasteiger partial charge in [0.25, 0.3) is 0 Å². The maximum absolute atomic E-state index is 13.1. The van der Waals surface area contributed by atoms with E-state index in [9.17, 15) is 18.0 Å². The van der Waals surface area contributed by atoms with Gasteiger partial charge in [0.05, 0.1) is 19.9 Å². The fourth-order valence-corrected chi connectivity index (χ4v) is 3.83. The molecule has 4 heterocycles. The van der Waals surface area contributed by atoms with Crippen LogP contribution in [0, 0.1) is 0 Å². The Morgan fingerprint density at radius 1 is 0.944 bits per heavy atom. The van der Waals surface area contributed by atoms with E-state index in [4.69, 9.17) is 16.3 Å². The van der Waals surface area contributed by atoms with E-state index in [0.29, 0.717) is 33.2 Å². The van der Waals surface area contributed by atoms with E-state index >= 15 is 0 Å². The van der Waals surface area contributed by atoms with Crippen LogP contribution in [0.25, 0.3) is 27.9 Å². The fraction of sp³-hybridized carbons (Fsp3) is 0.125. The van der Waals surface area contributed by atoms with Gasteiger partial charge in [0.2, 0.25) is 5.88 Å². The molecule has 0 radical (unpaired) electrons. The number of pyridine rings is 2. The van der Waals surface area contributed by atoms with Gasteiger partial charge < -0.3 is 4.74 Å². The minimum Gasteiger partial charge on any atom is -0.481 e. The summed E-state index contributed by atoms with van der Waals surface area (Å²) >= 11 is 6.05. The Morgan fingerprint density at radius 3 is 2.31 bits per heavy atom. The summed E-state index contributed by atoms with van der Waals surface area (Å²) < 4.78 is 45.9. The lowest BCUT2D eigenvalue weighted by molar-refractivity contribution is -0.141. The zero-order valence-corrected chi connectivity index (χ0v) is 19.3. The quantitative estimate of drug-likeness (QED) is 0.338. The molecule has 5 aromatic rings. The van der Waals surface area contributed by atoms with E-state index in [1.807, 2.05) is 12.1 Å². The van der Waals surface area contributed by atoms with Gasteiger partial charge in [-0.3, -0.25) is 4.98 Å². The molecule has 0 aliphatic rings. The first-order valence-corrected chi connectivity index (χ1v) is 10.9. The zero-order valence-electron chi connectivity index (χ0n) is 18.6. The summed E-state index contributed by atoms with van der Waals surface area (Å²) in [4.78, 5) is 20.8. The number of alkyl halides is 3. The summed E-state index contributed by atoms with van der Waals surface area (Å²) in [5, 5.41) is 9.32. The van der Waals surface area contributed by atoms with Crippen LogP contribution in [0.3, 0.4) is 0 Å². The number of hydrogen-bond acceptors (Lipinski definition) is 6. The molecule has 1 aromatic carbocycles. The largest absolute Gasteiger partial charge is 0.481 e. The first-order valence-electron chi connectivity index (χ1n) is 10.5. The third-order valence-electron chi connectivity index (χ3n) is 5.45. The van der Waals surface area contributed by atoms with Crippen LogP contribution in [0.15, 0.2) is 71.9 Å². The number of benzene rings is 1. The highest BCUT2D eigenvalue weighted by Gasteiger charge is 2.32. The Hall–Kier alpha value is -4.25. The van der Waals surface area contributed by atoms with Crippen molar-refractivity contribution in [2.45, 2.75) is 12.7 Å². The lowest BCUT2D eigenvalue weighted by atomic mass is 9.98. The number of fused-ring (bicyclic) bond motifs is 1. The second kappa shape index (κ2) is 9.08. The van der Waals surface area contributed by atoms with E-state index in [2.05, 4.69) is 20.2 Å². The predicted octanol–water partition coefficient (Wildman–Crippen LogP) is 4.74. The van der Waals surface area contributed by atoms with E-state index < -0.39 is 17.6 Å². The Bertz CT molecular complexity index is 1600. The van der Waals surface area contributed by atoms with E-state index in [1.54, 1.807) is 36.7 Å². The summed E-state index contributed by atoms with van der Waals surface area (Å²) in [5.41, 5.74) is 1.75. The third kappa shape index (κ3) is 4.40. The maximum atomic E-state index is 13.1. The van der Waals surface area contributed by atoms with Gasteiger partial charge in [0.15, 0.2) is 5.65 Å². The Labute approximate surface area is 206 Å². The lowest BCUT2D eigenvalue weighted by Gasteiger charge is -2.11. The zero-order chi connectivity index (χ0) is 25.4. The smallest absolute Gasteiger partial charge is 0.433 e. The van der Waals surface area contributed by atoms with Crippen molar-refractivity contribution in [1.82, 2.24) is 29.4 Å². The lowest BCUT2D eigenvalue weighted by Crippen LogP contribution is -2.23. The monoisotopic (exact) mass is 512 g/mol. The maximum Gasteiger partial charge on any atom is 0.433 e. The molecule has 0 spiro atoms. The third-order valence-corrected chi connectivity index (χ3v) is 5.70. The fourth-order valence-electron chi connectivity index (χ4n) is 3.70. The van der Waals surface area contributed by atoms with Gasteiger partial charge in [0.1, 0.15) is 5.69 Å². The molecule has 0 saturated heterocycles. The van der Waals surface area contributed by atoms with Crippen LogP contribution in [0.1, 0.15) is 11.3 Å². The topological polar surface area (TPSA) is 87.2 Å². The molecule has 5 rings (SSSR count). The Balaban J connectivity index is 1.65. The molecule has 0 aliphatic carbocycles. The summed E-state index contributed by atoms with van der Waals surface area (Å²) in [5.74, 6) is 0.412. The highest BCUT2D eigenvalue weighted by atomic mass is 35.5. The standard InChI is InChI=1S/C24H16ClF3N6O2/c1-36-20-9-5-16(11-30-20)21-18(15-3-6-17(25)7-4-15)12-31-34-22(21)32-33(23(34)35)13-14-2-8-19(29-10-14)24(26,27)28/h2-12H,13H2,1H3. The summed E-state index contributed by atoms with van der Waals surface area (Å²) in [6.45, 7) is -0.0933. The second-order valence-electron chi connectivity index (χ2n) is 7.75. The highest BCUT2D eigenvalue weighted by molar-refractivity contribution is 6.30. The number of methoxy groups -OCH3 is 1. The highest BCUT2D eigenvalue weighted by Crippen LogP contribution is 2.34. The van der Waals surface area contributed by atoms with Crippen molar-refractivity contribution in [3.05, 3.63) is 93.9 Å². The van der Waals surface area contributed by atoms with Crippen LogP contribution in [-0.4, -0.2) is 36.5 Å². The van der Waals surface area contributed by atoms with Crippen molar-refractivity contribution in [2.75, 3.05) is 7.11 Å². The van der Waals surface area contributed by atoms with Gasteiger partial charge in [-0.05, 0) is 35.4 Å². The van der Waals surface area contributed by atoms with Gasteiger partial charge >= 0.3 is 11.9 Å². The SMILES string of the molecule is COc1ccc(-c2c(-c3ccc(Cl)cc3)cnn3c(=O)n(Cc4ccc(C(F)(F)F)nc4)nc23)cn1. The van der Waals surface area contributed by atoms with Crippen LogP contribution in [-0.2, 0) is 12.7 Å². The number of halogens is 4. The molecule has 0 fully saturated rings. The van der Waals surface area contributed by atoms with Crippen LogP contribution >= 0.6 is 11.6 Å². The van der Waals surface area contributed by atoms with Crippen molar-refractivity contribution in [3.8, 4) is 28.1 Å². The van der Waals surface area contributed by atoms with Gasteiger partial charge in [-0.25, -0.2) is 14.5 Å². The van der Waals surface area contributed by atoms with Crippen molar-refractivity contribution in [2.24, 2.45) is 0 Å². The van der Waals surface area contributed by atoms with Gasteiger partial charge in [0, 0.05) is 40.2 Å². The molecule has 0 bridgehead atoms. The molecule has 36 heavy (non-hydrogen) atoms. The first-order chi connectivity index (χ1) is 17.2. The Kier molecular flexibility index (Phi) is 5.92. The van der Waals surface area contributed by atoms with Crippen LogP contribution < -0.4 is 10.4 Å². The molecule has 0 unspecified atom stereocenters. The average Bonchev–Trinajstić information content (AvgIpc) is 3.19. The molecular weight excluding hydrogens is 497 g/mol. The van der Waals surface area contributed by atoms with E-state index in [0.717, 1.165) is 27.0 Å². The average molecular weight is 513 g/mol. The molecule has 0 amide bonds. The number of aromatic nitrogens is 6. The van der Waals surface area contributed by atoms with Gasteiger partial charge in [-0.1, -0.05) is 29.8 Å². The van der Waals surface area contributed by atoms with Crippen LogP contribution in [0.4, 0.5) is 13.2 Å².